The highest BCUT2D eigenvalue weighted by Gasteiger charge is 2.43. The number of benzene rings is 3. The van der Waals surface area contributed by atoms with Gasteiger partial charge < -0.3 is 25.4 Å². The van der Waals surface area contributed by atoms with E-state index in [0.29, 0.717) is 36.0 Å². The SMILES string of the molecule is Cc1ncsc1-c1ccc(CNC(=O)[C@@H]2C[C@@H](O)CN2C(=O)[C@H](C(C)C)n2cc(-c3cccc(O[C@H]4C[C@H](NC(=O)C[C@@H]5N=C(c6ccc(Cl)cc6)c6c(sc(C)c6C)-n6c(C)nnc65)C4)c3)cn2)cc1. The number of nitrogens with zero attached hydrogens (tertiary/aromatic N) is 8. The number of carbonyl (C=O) groups excluding carboxylic acids is 3. The minimum atomic E-state index is -0.823. The second kappa shape index (κ2) is 19.9. The van der Waals surface area contributed by atoms with Crippen LogP contribution >= 0.6 is 34.3 Å². The van der Waals surface area contributed by atoms with Crippen LogP contribution in [0.3, 0.4) is 0 Å². The Morgan fingerprint density at radius 1 is 0.930 bits per heavy atom. The molecule has 0 unspecified atom stereocenters. The molecule has 3 amide bonds. The number of likely N-dealkylation sites (tertiary alicyclic amines) is 1. The molecule has 10 rings (SSSR count). The fraction of sp³-hybridized carbons (Fsp3) is 0.358. The van der Waals surface area contributed by atoms with Crippen molar-refractivity contribution in [3.8, 4) is 32.3 Å². The molecule has 18 heteroatoms. The summed E-state index contributed by atoms with van der Waals surface area (Å²) in [4.78, 5) is 55.1. The van der Waals surface area contributed by atoms with Gasteiger partial charge in [0.1, 0.15) is 40.8 Å². The standard InChI is InChI=1S/C53H55ClN10O5S2/c1-28(2)48(52(68)62-26-40(65)21-44(62)51(67)55-23-33-10-12-35(13-11-33)49-30(4)56-27-70-49)63-25-37(24-57-63)36-8-7-9-41(18-36)69-42-19-39(20-42)58-45(66)22-43-50-61-60-32(6)64(50)53-46(29(3)31(5)71-53)47(59-43)34-14-16-38(54)17-15-34/h7-18,24-25,27-28,39-40,42-44,48,65H,19-23,26H2,1-6H3,(H,55,67)(H,58,66)/t39-,40-,42-,43+,44+,48+/m1/s1. The van der Waals surface area contributed by atoms with Crippen LogP contribution in [0.1, 0.15) is 96.1 Å². The molecular weight excluding hydrogens is 956 g/mol. The summed E-state index contributed by atoms with van der Waals surface area (Å²) in [6.07, 6.45) is 4.20. The Morgan fingerprint density at radius 3 is 2.42 bits per heavy atom. The Labute approximate surface area is 425 Å². The average Bonchev–Trinajstić information content (AvgIpc) is 4.19. The first-order valence-electron chi connectivity index (χ1n) is 23.9. The van der Waals surface area contributed by atoms with Crippen LogP contribution in [-0.2, 0) is 20.9 Å². The number of halogens is 1. The normalized spacial score (nSPS) is 19.9. The van der Waals surface area contributed by atoms with E-state index in [2.05, 4.69) is 44.8 Å². The van der Waals surface area contributed by atoms with Crippen molar-refractivity contribution < 1.29 is 24.2 Å². The van der Waals surface area contributed by atoms with E-state index in [1.165, 1.54) is 9.78 Å². The minimum absolute atomic E-state index is 0.0585. The third-order valence-electron chi connectivity index (χ3n) is 13.7. The molecule has 1 aliphatic carbocycles. The molecule has 6 heterocycles. The van der Waals surface area contributed by atoms with Gasteiger partial charge in [0.25, 0.3) is 0 Å². The summed E-state index contributed by atoms with van der Waals surface area (Å²) in [5.41, 5.74) is 10.3. The fourth-order valence-electron chi connectivity index (χ4n) is 9.79. The van der Waals surface area contributed by atoms with E-state index in [0.717, 1.165) is 66.1 Å². The van der Waals surface area contributed by atoms with Crippen LogP contribution in [0.4, 0.5) is 0 Å². The van der Waals surface area contributed by atoms with Gasteiger partial charge in [0.05, 0.1) is 40.5 Å². The van der Waals surface area contributed by atoms with Gasteiger partial charge in [0, 0.05) is 71.2 Å². The van der Waals surface area contributed by atoms with E-state index in [1.54, 1.807) is 33.6 Å². The zero-order valence-corrected chi connectivity index (χ0v) is 42.7. The molecule has 1 saturated carbocycles. The van der Waals surface area contributed by atoms with Crippen molar-refractivity contribution in [1.29, 1.82) is 0 Å². The molecule has 0 spiro atoms. The maximum atomic E-state index is 14.4. The van der Waals surface area contributed by atoms with Gasteiger partial charge in [-0.3, -0.25) is 28.6 Å². The third-order valence-corrected chi connectivity index (χ3v) is 16.2. The zero-order valence-electron chi connectivity index (χ0n) is 40.3. The first kappa shape index (κ1) is 48.1. The number of nitrogens with one attached hydrogen (secondary N) is 2. The monoisotopic (exact) mass is 1010 g/mol. The van der Waals surface area contributed by atoms with Crippen molar-refractivity contribution in [2.45, 2.75) is 110 Å². The van der Waals surface area contributed by atoms with E-state index >= 15 is 0 Å². The third kappa shape index (κ3) is 9.80. The summed E-state index contributed by atoms with van der Waals surface area (Å²) in [5.74, 6) is 1.17. The molecule has 366 valence electrons. The largest absolute Gasteiger partial charge is 0.490 e. The Hall–Kier alpha value is -6.53. The second-order valence-corrected chi connectivity index (χ2v) is 21.6. The number of aromatic nitrogens is 6. The van der Waals surface area contributed by atoms with Gasteiger partial charge in [-0.2, -0.15) is 5.10 Å². The van der Waals surface area contributed by atoms with Crippen molar-refractivity contribution in [3.63, 3.8) is 0 Å². The van der Waals surface area contributed by atoms with E-state index in [9.17, 15) is 19.5 Å². The molecule has 4 aromatic heterocycles. The number of aliphatic hydroxyl groups excluding tert-OH is 1. The molecule has 1 saturated heterocycles. The topological polar surface area (TPSA) is 182 Å². The van der Waals surface area contributed by atoms with Crippen LogP contribution < -0.4 is 15.4 Å². The number of aliphatic imine (C=N–C) groups is 1. The first-order valence-corrected chi connectivity index (χ1v) is 26.0. The number of amides is 3. The molecule has 2 aliphatic heterocycles. The number of carbonyl (C=O) groups is 3. The molecule has 3 aromatic carbocycles. The maximum Gasteiger partial charge on any atom is 0.248 e. The van der Waals surface area contributed by atoms with Gasteiger partial charge in [-0.1, -0.05) is 74.0 Å². The highest BCUT2D eigenvalue weighted by Crippen LogP contribution is 2.40. The summed E-state index contributed by atoms with van der Waals surface area (Å²) in [6, 6.07) is 21.2. The number of rotatable bonds is 14. The van der Waals surface area contributed by atoms with Gasteiger partial charge in [-0.25, -0.2) is 4.98 Å². The zero-order chi connectivity index (χ0) is 49.7. The van der Waals surface area contributed by atoms with E-state index in [1.807, 2.05) is 117 Å². The fourth-order valence-corrected chi connectivity index (χ4v) is 11.9. The van der Waals surface area contributed by atoms with Gasteiger partial charge in [-0.05, 0) is 80.1 Å². The lowest BCUT2D eigenvalue weighted by Gasteiger charge is -2.36. The summed E-state index contributed by atoms with van der Waals surface area (Å²) >= 11 is 9.55. The lowest BCUT2D eigenvalue weighted by molar-refractivity contribution is -0.142. The summed E-state index contributed by atoms with van der Waals surface area (Å²) < 4.78 is 10.1. The Morgan fingerprint density at radius 2 is 1.69 bits per heavy atom. The van der Waals surface area contributed by atoms with Crippen molar-refractivity contribution >= 4 is 57.7 Å². The maximum absolute atomic E-state index is 14.4. The van der Waals surface area contributed by atoms with Crippen LogP contribution in [-0.4, -0.2) is 93.8 Å². The minimum Gasteiger partial charge on any atom is -0.490 e. The number of β-amino-alcohol motifs (C(OH)–C–C–N with tert-alkyl or cyclic N) is 1. The Bertz CT molecular complexity index is 3150. The smallest absolute Gasteiger partial charge is 0.248 e. The lowest BCUT2D eigenvalue weighted by atomic mass is 9.89. The van der Waals surface area contributed by atoms with E-state index in [4.69, 9.17) is 21.3 Å². The van der Waals surface area contributed by atoms with Crippen molar-refractivity contribution in [2.24, 2.45) is 10.9 Å². The van der Waals surface area contributed by atoms with Crippen molar-refractivity contribution in [3.05, 3.63) is 140 Å². The molecule has 2 fully saturated rings. The summed E-state index contributed by atoms with van der Waals surface area (Å²) in [6.45, 7) is 12.4. The predicted octanol–water partition coefficient (Wildman–Crippen LogP) is 8.69. The molecular formula is C53H55ClN10O5S2. The lowest BCUT2D eigenvalue weighted by Crippen LogP contribution is -2.49. The molecule has 71 heavy (non-hydrogen) atoms. The number of aliphatic hydroxyl groups is 1. The predicted molar refractivity (Wildman–Crippen MR) is 275 cm³/mol. The average molecular weight is 1010 g/mol. The van der Waals surface area contributed by atoms with Crippen LogP contribution in [0, 0.1) is 33.6 Å². The Kier molecular flexibility index (Phi) is 13.5. The molecule has 3 aliphatic rings. The quantitative estimate of drug-likeness (QED) is 0.0960. The molecule has 0 radical (unpaired) electrons. The summed E-state index contributed by atoms with van der Waals surface area (Å²) in [5, 5.41) is 32.2. The number of thiophene rings is 1. The number of hydrogen-bond acceptors (Lipinski definition) is 12. The van der Waals surface area contributed by atoms with E-state index in [-0.39, 0.29) is 55.2 Å². The molecule has 7 aromatic rings. The second-order valence-electron chi connectivity index (χ2n) is 19.1. The number of aryl methyl sites for hydroxylation is 3. The van der Waals surface area contributed by atoms with Crippen LogP contribution in [0.15, 0.2) is 95.7 Å². The van der Waals surface area contributed by atoms with E-state index < -0.39 is 24.2 Å². The summed E-state index contributed by atoms with van der Waals surface area (Å²) in [7, 11) is 0. The number of thiazole rings is 1. The van der Waals surface area contributed by atoms with Gasteiger partial charge in [0.2, 0.25) is 17.7 Å². The number of ether oxygens (including phenoxy) is 1. The van der Waals surface area contributed by atoms with Gasteiger partial charge >= 0.3 is 0 Å². The van der Waals surface area contributed by atoms with Crippen LogP contribution in [0.5, 0.6) is 5.75 Å². The molecule has 15 nitrogen and oxygen atoms in total. The number of fused-ring (bicyclic) bond motifs is 3. The first-order chi connectivity index (χ1) is 34.2. The van der Waals surface area contributed by atoms with Crippen molar-refractivity contribution in [1.82, 2.24) is 45.1 Å². The molecule has 3 N–H and O–H groups in total. The van der Waals surface area contributed by atoms with Crippen LogP contribution in [0.2, 0.25) is 5.02 Å². The number of hydrogen-bond donors (Lipinski definition) is 3. The Balaban J connectivity index is 0.757. The van der Waals surface area contributed by atoms with Crippen molar-refractivity contribution in [2.75, 3.05) is 6.54 Å². The highest BCUT2D eigenvalue weighted by atomic mass is 35.5. The van der Waals surface area contributed by atoms with Gasteiger partial charge in [-0.15, -0.1) is 32.9 Å². The molecule has 0 bridgehead atoms. The molecule has 4 atom stereocenters. The van der Waals surface area contributed by atoms with Gasteiger partial charge in [0.15, 0.2) is 5.82 Å². The highest BCUT2D eigenvalue weighted by molar-refractivity contribution is 7.15. The van der Waals surface area contributed by atoms with Crippen LogP contribution in [0.25, 0.3) is 26.6 Å².